The Labute approximate surface area is 187 Å². The number of rotatable bonds is 7. The summed E-state index contributed by atoms with van der Waals surface area (Å²) in [6.45, 7) is 5.11. The summed E-state index contributed by atoms with van der Waals surface area (Å²) in [6.07, 6.45) is 0.000186. The Hall–Kier alpha value is -2.77. The maximum Gasteiger partial charge on any atom is 0.238 e. The van der Waals surface area contributed by atoms with Gasteiger partial charge in [-0.05, 0) is 28.3 Å². The quantitative estimate of drug-likeness (QED) is 0.446. The maximum absolute atomic E-state index is 12.9. The van der Waals surface area contributed by atoms with Crippen LogP contribution >= 0.6 is 12.4 Å². The van der Waals surface area contributed by atoms with Crippen LogP contribution in [0.3, 0.4) is 0 Å². The van der Waals surface area contributed by atoms with E-state index in [0.717, 1.165) is 16.3 Å². The third-order valence-corrected chi connectivity index (χ3v) is 5.65. The Morgan fingerprint density at radius 2 is 1.71 bits per heavy atom. The highest BCUT2D eigenvalue weighted by Gasteiger charge is 2.46. The zero-order chi connectivity index (χ0) is 22.0. The van der Waals surface area contributed by atoms with Gasteiger partial charge in [-0.15, -0.1) is 12.4 Å². The predicted octanol–water partition coefficient (Wildman–Crippen LogP) is 2.27. The van der Waals surface area contributed by atoms with Gasteiger partial charge < -0.3 is 11.1 Å². The molecule has 1 aliphatic rings. The summed E-state index contributed by atoms with van der Waals surface area (Å²) in [4.78, 5) is 49.3. The van der Waals surface area contributed by atoms with Crippen molar-refractivity contribution in [1.82, 2.24) is 10.6 Å². The fraction of sp³-hybridized carbons (Fsp3) is 0.391. The Bertz CT molecular complexity index is 1010. The second kappa shape index (κ2) is 10.0. The number of carbonyl (C=O) groups is 4. The average molecular weight is 446 g/mol. The van der Waals surface area contributed by atoms with Crippen LogP contribution < -0.4 is 16.4 Å². The molecular weight excluding hydrogens is 418 g/mol. The van der Waals surface area contributed by atoms with Crippen molar-refractivity contribution in [2.75, 3.05) is 0 Å². The highest BCUT2D eigenvalue weighted by atomic mass is 35.5. The van der Waals surface area contributed by atoms with Gasteiger partial charge in [-0.3, -0.25) is 24.5 Å². The first-order chi connectivity index (χ1) is 14.2. The van der Waals surface area contributed by atoms with E-state index in [2.05, 4.69) is 10.6 Å². The average Bonchev–Trinajstić information content (AvgIpc) is 2.96. The number of imide groups is 1. The van der Waals surface area contributed by atoms with E-state index >= 15 is 0 Å². The summed E-state index contributed by atoms with van der Waals surface area (Å²) in [7, 11) is 0. The zero-order valence-electron chi connectivity index (χ0n) is 17.8. The molecule has 1 unspecified atom stereocenters. The second-order valence-corrected chi connectivity index (χ2v) is 8.23. The molecule has 0 aliphatic carbocycles. The minimum atomic E-state index is -1.08. The number of halogens is 1. The van der Waals surface area contributed by atoms with Gasteiger partial charge in [0.2, 0.25) is 17.7 Å². The van der Waals surface area contributed by atoms with Crippen LogP contribution in [0, 0.1) is 17.8 Å². The number of hydrogen-bond donors (Lipinski definition) is 3. The Morgan fingerprint density at radius 3 is 2.29 bits per heavy atom. The molecule has 1 fully saturated rings. The van der Waals surface area contributed by atoms with Gasteiger partial charge in [0.1, 0.15) is 5.92 Å². The van der Waals surface area contributed by atoms with E-state index in [1.165, 1.54) is 6.92 Å². The molecule has 31 heavy (non-hydrogen) atoms. The minimum absolute atomic E-state index is 0. The van der Waals surface area contributed by atoms with Crippen LogP contribution in [0.4, 0.5) is 0 Å². The molecular formula is C23H28ClN3O4. The van der Waals surface area contributed by atoms with Crippen LogP contribution in [0.2, 0.25) is 0 Å². The Morgan fingerprint density at radius 1 is 1.06 bits per heavy atom. The lowest BCUT2D eigenvalue weighted by Gasteiger charge is -2.25. The van der Waals surface area contributed by atoms with Crippen LogP contribution in [-0.2, 0) is 19.2 Å². The molecule has 1 aliphatic heterocycles. The number of benzene rings is 2. The Kier molecular flexibility index (Phi) is 7.92. The van der Waals surface area contributed by atoms with Crippen molar-refractivity contribution >= 4 is 46.7 Å². The summed E-state index contributed by atoms with van der Waals surface area (Å²) in [5.41, 5.74) is 7.07. The molecule has 1 heterocycles. The first-order valence-electron chi connectivity index (χ1n) is 10.1. The van der Waals surface area contributed by atoms with Crippen molar-refractivity contribution in [2.24, 2.45) is 23.5 Å². The van der Waals surface area contributed by atoms with Gasteiger partial charge in [-0.1, -0.05) is 57.2 Å². The minimum Gasteiger partial charge on any atom is -0.346 e. The lowest BCUT2D eigenvalue weighted by Crippen LogP contribution is -2.49. The van der Waals surface area contributed by atoms with E-state index in [1.54, 1.807) is 13.8 Å². The first-order valence-corrected chi connectivity index (χ1v) is 10.1. The van der Waals surface area contributed by atoms with Gasteiger partial charge in [0, 0.05) is 12.5 Å². The number of nitrogens with two attached hydrogens (primary N) is 1. The van der Waals surface area contributed by atoms with Crippen molar-refractivity contribution in [3.63, 3.8) is 0 Å². The van der Waals surface area contributed by atoms with Gasteiger partial charge in [0.15, 0.2) is 5.78 Å². The smallest absolute Gasteiger partial charge is 0.238 e. The van der Waals surface area contributed by atoms with Gasteiger partial charge >= 0.3 is 0 Å². The molecule has 0 radical (unpaired) electrons. The number of Topliss-reactive ketones (excluding diaryl/α,β-unsaturated/α-hetero) is 1. The third-order valence-electron chi connectivity index (χ3n) is 5.65. The van der Waals surface area contributed by atoms with E-state index in [9.17, 15) is 19.2 Å². The van der Waals surface area contributed by atoms with Crippen molar-refractivity contribution in [2.45, 2.75) is 39.3 Å². The summed E-state index contributed by atoms with van der Waals surface area (Å²) in [5, 5.41) is 7.03. The number of amides is 3. The number of fused-ring (bicyclic) bond motifs is 1. The van der Waals surface area contributed by atoms with Crippen LogP contribution in [0.25, 0.3) is 10.8 Å². The van der Waals surface area contributed by atoms with Crippen molar-refractivity contribution in [1.29, 1.82) is 0 Å². The molecule has 1 saturated heterocycles. The summed E-state index contributed by atoms with van der Waals surface area (Å²) >= 11 is 0. The third kappa shape index (κ3) is 5.29. The lowest BCUT2D eigenvalue weighted by molar-refractivity contribution is -0.137. The van der Waals surface area contributed by atoms with Crippen LogP contribution in [0.15, 0.2) is 42.5 Å². The molecule has 166 valence electrons. The summed E-state index contributed by atoms with van der Waals surface area (Å²) < 4.78 is 0. The van der Waals surface area contributed by atoms with E-state index in [0.29, 0.717) is 0 Å². The SMILES string of the molecule is CC(C)[C@H](NC(=O)CC(N)c1ccc2ccccc2c1)C(=O)[C@@H]1C(=O)NC(=O)[C@H]1C.Cl. The number of nitrogens with one attached hydrogen (secondary N) is 2. The normalized spacial score (nSPS) is 20.2. The highest BCUT2D eigenvalue weighted by Crippen LogP contribution is 2.24. The highest BCUT2D eigenvalue weighted by molar-refractivity contribution is 6.16. The molecule has 7 nitrogen and oxygen atoms in total. The summed E-state index contributed by atoms with van der Waals surface area (Å²) in [5.74, 6) is -3.97. The number of carbonyl (C=O) groups excluding carboxylic acids is 4. The maximum atomic E-state index is 12.9. The predicted molar refractivity (Wildman–Crippen MR) is 120 cm³/mol. The van der Waals surface area contributed by atoms with E-state index < -0.39 is 41.5 Å². The number of ketones is 1. The topological polar surface area (TPSA) is 118 Å². The van der Waals surface area contributed by atoms with Crippen LogP contribution in [-0.4, -0.2) is 29.5 Å². The number of hydrogen-bond acceptors (Lipinski definition) is 5. The van der Waals surface area contributed by atoms with Crippen molar-refractivity contribution < 1.29 is 19.2 Å². The molecule has 3 rings (SSSR count). The van der Waals surface area contributed by atoms with E-state index in [-0.39, 0.29) is 30.7 Å². The van der Waals surface area contributed by atoms with Gasteiger partial charge in [0.05, 0.1) is 12.0 Å². The monoisotopic (exact) mass is 445 g/mol. The van der Waals surface area contributed by atoms with Gasteiger partial charge in [0.25, 0.3) is 0 Å². The molecule has 0 bridgehead atoms. The van der Waals surface area contributed by atoms with Crippen LogP contribution in [0.1, 0.15) is 38.8 Å². The van der Waals surface area contributed by atoms with Crippen molar-refractivity contribution in [3.8, 4) is 0 Å². The molecule has 0 spiro atoms. The molecule has 8 heteroatoms. The molecule has 2 aromatic carbocycles. The van der Waals surface area contributed by atoms with E-state index in [4.69, 9.17) is 5.73 Å². The Balaban J connectivity index is 0.00000341. The van der Waals surface area contributed by atoms with Crippen molar-refractivity contribution in [3.05, 3.63) is 48.0 Å². The molecule has 2 aromatic rings. The zero-order valence-corrected chi connectivity index (χ0v) is 18.6. The fourth-order valence-electron chi connectivity index (χ4n) is 3.82. The molecule has 4 atom stereocenters. The standard InChI is InChI=1S/C23H27N3O4.ClH/c1-12(2)20(21(28)19-13(3)22(29)26-23(19)30)25-18(27)11-17(24)16-9-8-14-6-4-5-7-15(14)10-16;/h4-10,12-13,17,19-20H,11,24H2,1-3H3,(H,25,27)(H,26,29,30);1H/t13-,17?,19+,20-;/m0./s1. The molecule has 0 aromatic heterocycles. The van der Waals surface area contributed by atoms with E-state index in [1.807, 2.05) is 42.5 Å². The first kappa shape index (κ1) is 24.5. The molecule has 0 saturated carbocycles. The fourth-order valence-corrected chi connectivity index (χ4v) is 3.82. The van der Waals surface area contributed by atoms with Gasteiger partial charge in [-0.25, -0.2) is 0 Å². The molecule has 3 amide bonds. The van der Waals surface area contributed by atoms with Crippen LogP contribution in [0.5, 0.6) is 0 Å². The second-order valence-electron chi connectivity index (χ2n) is 8.23. The molecule has 4 N–H and O–H groups in total. The summed E-state index contributed by atoms with van der Waals surface area (Å²) in [6, 6.07) is 12.3. The van der Waals surface area contributed by atoms with Gasteiger partial charge in [-0.2, -0.15) is 0 Å². The largest absolute Gasteiger partial charge is 0.346 e. The lowest BCUT2D eigenvalue weighted by atomic mass is 9.85.